The van der Waals surface area contributed by atoms with Gasteiger partial charge in [0, 0.05) is 6.54 Å². The number of nitrogens with two attached hydrogens (primary N) is 1. The van der Waals surface area contributed by atoms with Crippen LogP contribution >= 0.6 is 0 Å². The molecule has 5 nitrogen and oxygen atoms in total. The van der Waals surface area contributed by atoms with Gasteiger partial charge in [-0.1, -0.05) is 13.3 Å². The zero-order valence-electron chi connectivity index (χ0n) is 12.1. The van der Waals surface area contributed by atoms with E-state index in [9.17, 15) is 8.42 Å². The number of anilines is 2. The molecule has 1 aliphatic carbocycles. The predicted molar refractivity (Wildman–Crippen MR) is 82.2 cm³/mol. The minimum atomic E-state index is -3.43. The van der Waals surface area contributed by atoms with Gasteiger partial charge < -0.3 is 11.1 Å². The van der Waals surface area contributed by atoms with Gasteiger partial charge in [0.05, 0.1) is 16.3 Å². The van der Waals surface area contributed by atoms with Crippen LogP contribution in [0.2, 0.25) is 0 Å². The highest BCUT2D eigenvalue weighted by atomic mass is 32.2. The van der Waals surface area contributed by atoms with E-state index < -0.39 is 10.0 Å². The van der Waals surface area contributed by atoms with Gasteiger partial charge in [0.1, 0.15) is 0 Å². The van der Waals surface area contributed by atoms with Crippen LogP contribution < -0.4 is 15.8 Å². The molecule has 6 heteroatoms. The van der Waals surface area contributed by atoms with Crippen molar-refractivity contribution in [2.75, 3.05) is 24.6 Å². The second kappa shape index (κ2) is 5.61. The SMILES string of the molecule is CCC1(CNc2cc(S(=O)(=O)NC)ccc2N)CCC1. The van der Waals surface area contributed by atoms with E-state index in [0.29, 0.717) is 16.8 Å². The van der Waals surface area contributed by atoms with Gasteiger partial charge in [-0.25, -0.2) is 13.1 Å². The molecule has 0 atom stereocenters. The number of nitrogens with one attached hydrogen (secondary N) is 2. The molecule has 0 amide bonds. The molecule has 0 saturated heterocycles. The van der Waals surface area contributed by atoms with Gasteiger partial charge in [-0.3, -0.25) is 0 Å². The first-order valence-corrected chi connectivity index (χ1v) is 8.48. The first-order valence-electron chi connectivity index (χ1n) is 6.99. The molecule has 1 saturated carbocycles. The number of hydrogen-bond acceptors (Lipinski definition) is 4. The molecule has 1 fully saturated rings. The Labute approximate surface area is 121 Å². The van der Waals surface area contributed by atoms with Crippen molar-refractivity contribution in [3.63, 3.8) is 0 Å². The van der Waals surface area contributed by atoms with Crippen LogP contribution in [0.25, 0.3) is 0 Å². The average molecular weight is 297 g/mol. The average Bonchev–Trinajstić information content (AvgIpc) is 2.39. The van der Waals surface area contributed by atoms with Crippen LogP contribution in [0.4, 0.5) is 11.4 Å². The summed E-state index contributed by atoms with van der Waals surface area (Å²) in [6.07, 6.45) is 4.86. The van der Waals surface area contributed by atoms with Crippen molar-refractivity contribution < 1.29 is 8.42 Å². The number of benzene rings is 1. The summed E-state index contributed by atoms with van der Waals surface area (Å²) in [5, 5.41) is 3.33. The van der Waals surface area contributed by atoms with E-state index in [0.717, 1.165) is 13.0 Å². The molecule has 0 aromatic heterocycles. The fourth-order valence-corrected chi connectivity index (χ4v) is 3.34. The zero-order valence-corrected chi connectivity index (χ0v) is 12.9. The van der Waals surface area contributed by atoms with Crippen molar-refractivity contribution in [2.45, 2.75) is 37.5 Å². The largest absolute Gasteiger partial charge is 0.397 e. The second-order valence-electron chi connectivity index (χ2n) is 5.52. The molecule has 1 aliphatic rings. The third-order valence-corrected chi connectivity index (χ3v) is 5.83. The van der Waals surface area contributed by atoms with Gasteiger partial charge in [0.25, 0.3) is 0 Å². The summed E-state index contributed by atoms with van der Waals surface area (Å²) in [7, 11) is -2.03. The minimum Gasteiger partial charge on any atom is -0.397 e. The first-order chi connectivity index (χ1) is 9.42. The highest BCUT2D eigenvalue weighted by Crippen LogP contribution is 2.44. The van der Waals surface area contributed by atoms with Gasteiger partial charge in [0.2, 0.25) is 10.0 Å². The van der Waals surface area contributed by atoms with E-state index in [1.807, 2.05) is 0 Å². The van der Waals surface area contributed by atoms with Gasteiger partial charge >= 0.3 is 0 Å². The van der Waals surface area contributed by atoms with Crippen LogP contribution in [0.3, 0.4) is 0 Å². The molecule has 4 N–H and O–H groups in total. The third kappa shape index (κ3) is 2.91. The van der Waals surface area contributed by atoms with Crippen molar-refractivity contribution in [3.05, 3.63) is 18.2 Å². The lowest BCUT2D eigenvalue weighted by molar-refractivity contribution is 0.145. The third-order valence-electron chi connectivity index (χ3n) is 4.42. The van der Waals surface area contributed by atoms with Crippen LogP contribution in [-0.4, -0.2) is 22.0 Å². The molecule has 0 radical (unpaired) electrons. The summed E-state index contributed by atoms with van der Waals surface area (Å²) in [5.41, 5.74) is 7.55. The molecule has 2 rings (SSSR count). The van der Waals surface area contributed by atoms with Gasteiger partial charge in [-0.2, -0.15) is 0 Å². The van der Waals surface area contributed by atoms with E-state index >= 15 is 0 Å². The second-order valence-corrected chi connectivity index (χ2v) is 7.40. The molecule has 1 aromatic rings. The lowest BCUT2D eigenvalue weighted by atomic mass is 9.67. The Morgan fingerprint density at radius 2 is 2.05 bits per heavy atom. The quantitative estimate of drug-likeness (QED) is 0.703. The highest BCUT2D eigenvalue weighted by molar-refractivity contribution is 7.89. The van der Waals surface area contributed by atoms with E-state index in [2.05, 4.69) is 17.0 Å². The first kappa shape index (κ1) is 15.1. The zero-order chi connectivity index (χ0) is 14.8. The van der Waals surface area contributed by atoms with Crippen molar-refractivity contribution in [1.82, 2.24) is 4.72 Å². The lowest BCUT2D eigenvalue weighted by Gasteiger charge is -2.41. The smallest absolute Gasteiger partial charge is 0.240 e. The highest BCUT2D eigenvalue weighted by Gasteiger charge is 2.34. The Kier molecular flexibility index (Phi) is 4.25. The van der Waals surface area contributed by atoms with E-state index in [1.54, 1.807) is 12.1 Å². The lowest BCUT2D eigenvalue weighted by Crippen LogP contribution is -2.36. The molecule has 1 aromatic carbocycles. The Bertz CT molecular complexity index is 575. The minimum absolute atomic E-state index is 0.232. The standard InChI is InChI=1S/C14H23N3O2S/c1-3-14(7-4-8-14)10-17-13-9-11(5-6-12(13)15)20(18,19)16-2/h5-6,9,16-17H,3-4,7-8,10,15H2,1-2H3. The van der Waals surface area contributed by atoms with Crippen LogP contribution in [0.15, 0.2) is 23.1 Å². The Morgan fingerprint density at radius 1 is 1.35 bits per heavy atom. The number of nitrogen functional groups attached to an aromatic ring is 1. The summed E-state index contributed by atoms with van der Waals surface area (Å²) in [5.74, 6) is 0. The van der Waals surface area contributed by atoms with Gasteiger partial charge in [-0.15, -0.1) is 0 Å². The predicted octanol–water partition coefficient (Wildman–Crippen LogP) is 2.17. The maximum Gasteiger partial charge on any atom is 0.240 e. The van der Waals surface area contributed by atoms with Crippen LogP contribution in [0.1, 0.15) is 32.6 Å². The Balaban J connectivity index is 2.17. The summed E-state index contributed by atoms with van der Waals surface area (Å²) in [6.45, 7) is 3.04. The molecule has 112 valence electrons. The number of rotatable bonds is 6. The molecule has 20 heavy (non-hydrogen) atoms. The normalized spacial score (nSPS) is 17.5. The van der Waals surface area contributed by atoms with E-state index in [1.165, 1.54) is 32.4 Å². The fourth-order valence-electron chi connectivity index (χ4n) is 2.59. The van der Waals surface area contributed by atoms with Crippen LogP contribution in [-0.2, 0) is 10.0 Å². The maximum absolute atomic E-state index is 11.8. The van der Waals surface area contributed by atoms with Crippen molar-refractivity contribution in [3.8, 4) is 0 Å². The molecule has 0 heterocycles. The molecular weight excluding hydrogens is 274 g/mol. The Hall–Kier alpha value is -1.27. The summed E-state index contributed by atoms with van der Waals surface area (Å²) >= 11 is 0. The van der Waals surface area contributed by atoms with Crippen molar-refractivity contribution in [2.24, 2.45) is 5.41 Å². The van der Waals surface area contributed by atoms with Gasteiger partial charge in [-0.05, 0) is 49.9 Å². The van der Waals surface area contributed by atoms with Crippen LogP contribution in [0.5, 0.6) is 0 Å². The molecule has 0 spiro atoms. The maximum atomic E-state index is 11.8. The Morgan fingerprint density at radius 3 is 2.55 bits per heavy atom. The van der Waals surface area contributed by atoms with Gasteiger partial charge in [0.15, 0.2) is 0 Å². The topological polar surface area (TPSA) is 84.2 Å². The molecule has 0 unspecified atom stereocenters. The molecule has 0 bridgehead atoms. The van der Waals surface area contributed by atoms with E-state index in [4.69, 9.17) is 5.73 Å². The van der Waals surface area contributed by atoms with E-state index in [-0.39, 0.29) is 4.90 Å². The summed E-state index contributed by atoms with van der Waals surface area (Å²) in [6, 6.07) is 4.75. The van der Waals surface area contributed by atoms with Crippen molar-refractivity contribution in [1.29, 1.82) is 0 Å². The van der Waals surface area contributed by atoms with Crippen molar-refractivity contribution >= 4 is 21.4 Å². The molecule has 0 aliphatic heterocycles. The summed E-state index contributed by atoms with van der Waals surface area (Å²) < 4.78 is 25.9. The summed E-state index contributed by atoms with van der Waals surface area (Å²) in [4.78, 5) is 0.232. The fraction of sp³-hybridized carbons (Fsp3) is 0.571. The monoisotopic (exact) mass is 297 g/mol. The number of sulfonamides is 1. The van der Waals surface area contributed by atoms with Crippen LogP contribution in [0, 0.1) is 5.41 Å². The molecular formula is C14H23N3O2S. The number of hydrogen-bond donors (Lipinski definition) is 3.